The lowest BCUT2D eigenvalue weighted by atomic mass is 9.93. The first-order chi connectivity index (χ1) is 9.56. The van der Waals surface area contributed by atoms with Crippen LogP contribution in [0.1, 0.15) is 12.0 Å². The van der Waals surface area contributed by atoms with Gasteiger partial charge in [0.25, 0.3) is 0 Å². The Labute approximate surface area is 121 Å². The van der Waals surface area contributed by atoms with Crippen molar-refractivity contribution in [3.8, 4) is 0 Å². The highest BCUT2D eigenvalue weighted by molar-refractivity contribution is 5.86. The summed E-state index contributed by atoms with van der Waals surface area (Å²) in [5, 5.41) is 2.51. The Balaban J connectivity index is 2.06. The van der Waals surface area contributed by atoms with Gasteiger partial charge in [-0.15, -0.1) is 0 Å². The fraction of sp³-hybridized carbons (Fsp3) is 0.333. The van der Waals surface area contributed by atoms with Gasteiger partial charge in [-0.2, -0.15) is 0 Å². The van der Waals surface area contributed by atoms with E-state index < -0.39 is 0 Å². The Morgan fingerprint density at radius 2 is 1.85 bits per heavy atom. The van der Waals surface area contributed by atoms with Crippen molar-refractivity contribution in [2.24, 2.45) is 5.92 Å². The van der Waals surface area contributed by atoms with Gasteiger partial charge in [-0.1, -0.05) is 42.5 Å². The number of ketones is 1. The number of nitrogens with zero attached hydrogens (tertiary/aromatic N) is 1. The number of hydrogen-bond donors (Lipinski definition) is 0. The number of fused-ring (bicyclic) bond motifs is 1. The normalized spacial score (nSPS) is 12.8. The summed E-state index contributed by atoms with van der Waals surface area (Å²) in [6, 6.07) is 14.7. The average molecular weight is 268 g/mol. The van der Waals surface area contributed by atoms with Crippen molar-refractivity contribution in [2.45, 2.75) is 12.8 Å². The molecule has 0 saturated heterocycles. The van der Waals surface area contributed by atoms with Crippen LogP contribution in [0.4, 0.5) is 0 Å². The SMILES string of the molecule is [CH2]C(CC(=O)CN(C)C)Cc1cccc2ccccc12. The maximum Gasteiger partial charge on any atom is 0.147 e. The van der Waals surface area contributed by atoms with Gasteiger partial charge in [0.05, 0.1) is 6.54 Å². The van der Waals surface area contributed by atoms with Gasteiger partial charge in [-0.05, 0) is 49.7 Å². The van der Waals surface area contributed by atoms with Crippen molar-refractivity contribution >= 4 is 16.6 Å². The van der Waals surface area contributed by atoms with Gasteiger partial charge in [-0.25, -0.2) is 0 Å². The summed E-state index contributed by atoms with van der Waals surface area (Å²) in [7, 11) is 3.83. The van der Waals surface area contributed by atoms with E-state index in [1.165, 1.54) is 16.3 Å². The lowest BCUT2D eigenvalue weighted by Gasteiger charge is -2.14. The molecule has 0 saturated carbocycles. The summed E-state index contributed by atoms with van der Waals surface area (Å²) in [5.74, 6) is 0.392. The second-order valence-electron chi connectivity index (χ2n) is 5.69. The molecule has 0 aromatic heterocycles. The predicted molar refractivity (Wildman–Crippen MR) is 84.7 cm³/mol. The van der Waals surface area contributed by atoms with Crippen molar-refractivity contribution in [3.05, 3.63) is 55.0 Å². The van der Waals surface area contributed by atoms with Crippen LogP contribution >= 0.6 is 0 Å². The fourth-order valence-corrected chi connectivity index (χ4v) is 2.59. The highest BCUT2D eigenvalue weighted by Gasteiger charge is 2.12. The van der Waals surface area contributed by atoms with Crippen molar-refractivity contribution in [3.63, 3.8) is 0 Å². The van der Waals surface area contributed by atoms with E-state index in [0.717, 1.165) is 6.42 Å². The first-order valence-electron chi connectivity index (χ1n) is 7.02. The molecule has 0 spiro atoms. The standard InChI is InChI=1S/C18H22NO/c1-14(12-17(20)13-19(2)3)11-16-9-6-8-15-7-4-5-10-18(15)16/h4-10,14H,1,11-13H2,2-3H3. The Morgan fingerprint density at radius 1 is 1.15 bits per heavy atom. The Morgan fingerprint density at radius 3 is 2.60 bits per heavy atom. The number of carbonyl (C=O) groups is 1. The molecule has 0 fully saturated rings. The zero-order chi connectivity index (χ0) is 14.5. The summed E-state index contributed by atoms with van der Waals surface area (Å²) in [5.41, 5.74) is 1.28. The topological polar surface area (TPSA) is 20.3 Å². The van der Waals surface area contributed by atoms with Crippen molar-refractivity contribution in [2.75, 3.05) is 20.6 Å². The average Bonchev–Trinajstić information content (AvgIpc) is 2.38. The van der Waals surface area contributed by atoms with E-state index in [0.29, 0.717) is 13.0 Å². The third-order valence-electron chi connectivity index (χ3n) is 3.40. The van der Waals surface area contributed by atoms with Crippen molar-refractivity contribution < 1.29 is 4.79 Å². The molecule has 2 heteroatoms. The second-order valence-corrected chi connectivity index (χ2v) is 5.69. The van der Waals surface area contributed by atoms with Crippen LogP contribution in [0.2, 0.25) is 0 Å². The van der Waals surface area contributed by atoms with Crippen LogP contribution in [0.25, 0.3) is 10.8 Å². The molecule has 0 heterocycles. The van der Waals surface area contributed by atoms with E-state index in [-0.39, 0.29) is 11.7 Å². The molecule has 0 aliphatic carbocycles. The van der Waals surface area contributed by atoms with Crippen LogP contribution in [0.5, 0.6) is 0 Å². The second kappa shape index (κ2) is 6.67. The van der Waals surface area contributed by atoms with E-state index in [4.69, 9.17) is 0 Å². The van der Waals surface area contributed by atoms with Crippen molar-refractivity contribution in [1.82, 2.24) is 4.90 Å². The maximum absolute atomic E-state index is 11.8. The van der Waals surface area contributed by atoms with Gasteiger partial charge < -0.3 is 4.90 Å². The Hall–Kier alpha value is -1.67. The molecule has 1 atom stereocenters. The minimum atomic E-state index is 0.133. The predicted octanol–water partition coefficient (Wildman–Crippen LogP) is 3.35. The van der Waals surface area contributed by atoms with Crippen LogP contribution in [0, 0.1) is 12.8 Å². The summed E-state index contributed by atoms with van der Waals surface area (Å²) in [6.07, 6.45) is 1.39. The van der Waals surface area contributed by atoms with Crippen LogP contribution < -0.4 is 0 Å². The highest BCUT2D eigenvalue weighted by Crippen LogP contribution is 2.22. The first kappa shape index (κ1) is 14.7. The number of Topliss-reactive ketones (excluding diaryl/α,β-unsaturated/α-hetero) is 1. The number of benzene rings is 2. The minimum Gasteiger partial charge on any atom is -0.302 e. The smallest absolute Gasteiger partial charge is 0.147 e. The Bertz CT molecular complexity index is 583. The molecule has 0 bridgehead atoms. The molecule has 20 heavy (non-hydrogen) atoms. The van der Waals surface area contributed by atoms with Gasteiger partial charge in [0.15, 0.2) is 0 Å². The molecule has 2 aromatic rings. The van der Waals surface area contributed by atoms with E-state index in [2.05, 4.69) is 49.4 Å². The third kappa shape index (κ3) is 3.91. The molecule has 0 aliphatic heterocycles. The maximum atomic E-state index is 11.8. The molecule has 0 amide bonds. The van der Waals surface area contributed by atoms with Crippen molar-refractivity contribution in [1.29, 1.82) is 0 Å². The zero-order valence-corrected chi connectivity index (χ0v) is 12.3. The lowest BCUT2D eigenvalue weighted by Crippen LogP contribution is -2.23. The first-order valence-corrected chi connectivity index (χ1v) is 7.02. The van der Waals surface area contributed by atoms with Gasteiger partial charge in [0.1, 0.15) is 5.78 Å². The van der Waals surface area contributed by atoms with E-state index in [1.54, 1.807) is 0 Å². The molecular formula is C18H22NO. The highest BCUT2D eigenvalue weighted by atomic mass is 16.1. The number of carbonyl (C=O) groups excluding carboxylic acids is 1. The van der Waals surface area contributed by atoms with E-state index in [9.17, 15) is 4.79 Å². The summed E-state index contributed by atoms with van der Waals surface area (Å²) >= 11 is 0. The third-order valence-corrected chi connectivity index (χ3v) is 3.40. The molecule has 0 aliphatic rings. The van der Waals surface area contributed by atoms with Gasteiger partial charge in [0, 0.05) is 6.42 Å². The van der Waals surface area contributed by atoms with E-state index in [1.807, 2.05) is 19.0 Å². The van der Waals surface area contributed by atoms with Gasteiger partial charge in [-0.3, -0.25) is 4.79 Å². The number of likely N-dealkylation sites (N-methyl/N-ethyl adjacent to an activating group) is 1. The van der Waals surface area contributed by atoms with Gasteiger partial charge in [0.2, 0.25) is 0 Å². The molecule has 1 unspecified atom stereocenters. The monoisotopic (exact) mass is 268 g/mol. The van der Waals surface area contributed by atoms with Crippen LogP contribution in [0.3, 0.4) is 0 Å². The molecule has 2 rings (SSSR count). The van der Waals surface area contributed by atoms with Crippen LogP contribution in [-0.2, 0) is 11.2 Å². The molecule has 0 N–H and O–H groups in total. The number of hydrogen-bond acceptors (Lipinski definition) is 2. The van der Waals surface area contributed by atoms with Crippen LogP contribution in [0.15, 0.2) is 42.5 Å². The van der Waals surface area contributed by atoms with Gasteiger partial charge >= 0.3 is 0 Å². The zero-order valence-electron chi connectivity index (χ0n) is 12.3. The summed E-state index contributed by atoms with van der Waals surface area (Å²) < 4.78 is 0. The fourth-order valence-electron chi connectivity index (χ4n) is 2.59. The van der Waals surface area contributed by atoms with Crippen LogP contribution in [-0.4, -0.2) is 31.3 Å². The summed E-state index contributed by atoms with van der Waals surface area (Å²) in [6.45, 7) is 4.65. The quantitative estimate of drug-likeness (QED) is 0.800. The largest absolute Gasteiger partial charge is 0.302 e. The summed E-state index contributed by atoms with van der Waals surface area (Å²) in [4.78, 5) is 13.7. The molecule has 2 aromatic carbocycles. The Kier molecular flexibility index (Phi) is 4.91. The minimum absolute atomic E-state index is 0.133. The number of rotatable bonds is 6. The molecule has 2 nitrogen and oxygen atoms in total. The lowest BCUT2D eigenvalue weighted by molar-refractivity contribution is -0.120. The molecule has 105 valence electrons. The molecule has 1 radical (unpaired) electrons. The van der Waals surface area contributed by atoms with E-state index >= 15 is 0 Å². The molecular weight excluding hydrogens is 246 g/mol.